The van der Waals surface area contributed by atoms with E-state index in [-0.39, 0.29) is 28.0 Å². The molecule has 0 unspecified atom stereocenters. The highest BCUT2D eigenvalue weighted by Gasteiger charge is 2.48. The lowest BCUT2D eigenvalue weighted by atomic mass is 9.95. The van der Waals surface area contributed by atoms with E-state index in [0.717, 1.165) is 22.5 Å². The molecule has 2 heterocycles. The predicted molar refractivity (Wildman–Crippen MR) is 151 cm³/mol. The van der Waals surface area contributed by atoms with Crippen molar-refractivity contribution in [2.24, 2.45) is 0 Å². The van der Waals surface area contributed by atoms with Gasteiger partial charge in [0.25, 0.3) is 5.78 Å². The third-order valence-electron chi connectivity index (χ3n) is 6.38. The molecule has 2 N–H and O–H groups in total. The highest BCUT2D eigenvalue weighted by Crippen LogP contribution is 2.44. The van der Waals surface area contributed by atoms with Gasteiger partial charge in [-0.15, -0.1) is 10.2 Å². The van der Waals surface area contributed by atoms with E-state index >= 15 is 0 Å². The minimum absolute atomic E-state index is 0.0874. The molecule has 0 aliphatic carbocycles. The van der Waals surface area contributed by atoms with Crippen LogP contribution in [0.15, 0.2) is 72.3 Å². The number of aromatic hydroxyl groups is 1. The van der Waals surface area contributed by atoms with Crippen molar-refractivity contribution < 1.29 is 29.3 Å². The van der Waals surface area contributed by atoms with Gasteiger partial charge in [0.15, 0.2) is 11.5 Å². The zero-order valence-corrected chi connectivity index (χ0v) is 22.9. The number of Topliss-reactive ketones (excluding diaryl/α,β-unsaturated/α-hetero) is 1. The van der Waals surface area contributed by atoms with Crippen LogP contribution < -0.4 is 14.4 Å². The van der Waals surface area contributed by atoms with E-state index in [2.05, 4.69) is 10.2 Å². The van der Waals surface area contributed by atoms with Crippen LogP contribution in [0.5, 0.6) is 17.2 Å². The zero-order valence-electron chi connectivity index (χ0n) is 22.1. The molecule has 1 aliphatic heterocycles. The molecule has 5 rings (SSSR count). The van der Waals surface area contributed by atoms with Gasteiger partial charge in [-0.1, -0.05) is 47.2 Å². The second-order valence-corrected chi connectivity index (χ2v) is 10.4. The van der Waals surface area contributed by atoms with Crippen LogP contribution in [-0.4, -0.2) is 38.7 Å². The minimum atomic E-state index is -1.02. The number of ketones is 1. The molecule has 204 valence electrons. The predicted octanol–water partition coefficient (Wildman–Crippen LogP) is 5.46. The van der Waals surface area contributed by atoms with Crippen LogP contribution in [0.2, 0.25) is 0 Å². The number of hydrogen-bond acceptors (Lipinski definition) is 9. The van der Waals surface area contributed by atoms with Gasteiger partial charge < -0.3 is 19.7 Å². The number of aliphatic hydroxyl groups excluding tert-OH is 1. The number of aryl methyl sites for hydroxylation is 2. The summed E-state index contributed by atoms with van der Waals surface area (Å²) in [4.78, 5) is 27.9. The van der Waals surface area contributed by atoms with Crippen molar-refractivity contribution in [3.8, 4) is 17.2 Å². The number of hydrogen-bond donors (Lipinski definition) is 2. The molecule has 1 aliphatic rings. The van der Waals surface area contributed by atoms with Crippen molar-refractivity contribution in [2.45, 2.75) is 33.4 Å². The Morgan fingerprint density at radius 3 is 2.45 bits per heavy atom. The van der Waals surface area contributed by atoms with E-state index in [0.29, 0.717) is 35.1 Å². The Labute approximate surface area is 235 Å². The number of rotatable bonds is 8. The van der Waals surface area contributed by atoms with Gasteiger partial charge >= 0.3 is 5.91 Å². The highest BCUT2D eigenvalue weighted by molar-refractivity contribution is 7.15. The summed E-state index contributed by atoms with van der Waals surface area (Å²) in [5, 5.41) is 30.5. The Kier molecular flexibility index (Phi) is 7.52. The van der Waals surface area contributed by atoms with E-state index in [1.807, 2.05) is 31.2 Å². The van der Waals surface area contributed by atoms with Crippen molar-refractivity contribution in [1.82, 2.24) is 10.2 Å². The van der Waals surface area contributed by atoms with Crippen LogP contribution in [0.3, 0.4) is 0 Å². The lowest BCUT2D eigenvalue weighted by Gasteiger charge is -2.23. The normalized spacial score (nSPS) is 16.4. The second kappa shape index (κ2) is 11.2. The lowest BCUT2D eigenvalue weighted by Crippen LogP contribution is -2.29. The number of nitrogens with zero attached hydrogens (tertiary/aromatic N) is 3. The summed E-state index contributed by atoms with van der Waals surface area (Å²) in [6.45, 7) is 6.20. The average molecular weight is 558 g/mol. The maximum atomic E-state index is 13.4. The molecule has 0 radical (unpaired) electrons. The van der Waals surface area contributed by atoms with Gasteiger partial charge in [-0.05, 0) is 68.3 Å². The number of amides is 1. The second-order valence-electron chi connectivity index (χ2n) is 9.24. The molecule has 3 aromatic carbocycles. The van der Waals surface area contributed by atoms with Crippen molar-refractivity contribution >= 4 is 33.9 Å². The van der Waals surface area contributed by atoms with Crippen molar-refractivity contribution in [2.75, 3.05) is 11.5 Å². The number of anilines is 1. The standard InChI is InChI=1S/C30H27N3O6S/c1-4-38-24-15-21(10-13-23(24)34)26-25(28(36)29(37)33(26)30-32-31-18(3)40-30)27(35)20-8-11-22(12-9-20)39-16-19-7-5-6-17(2)14-19/h5-15,26,34-35H,4,16H2,1-3H3/t26-/m0/s1. The SMILES string of the molecule is CCOc1cc([C@H]2C(=C(O)c3ccc(OCc4cccc(C)c4)cc3)C(=O)C(=O)N2c2nnc(C)s2)ccc1O. The van der Waals surface area contributed by atoms with Gasteiger partial charge in [-0.2, -0.15) is 0 Å². The zero-order chi connectivity index (χ0) is 28.4. The first-order valence-electron chi connectivity index (χ1n) is 12.6. The summed E-state index contributed by atoms with van der Waals surface area (Å²) in [5.74, 6) is -1.36. The molecule has 0 spiro atoms. The van der Waals surface area contributed by atoms with Gasteiger partial charge in [0.05, 0.1) is 18.2 Å². The Bertz CT molecular complexity index is 1610. The third kappa shape index (κ3) is 5.26. The molecular weight excluding hydrogens is 530 g/mol. The number of carbonyl (C=O) groups is 2. The fraction of sp³-hybridized carbons (Fsp3) is 0.200. The molecule has 10 heteroatoms. The van der Waals surface area contributed by atoms with Gasteiger partial charge in [-0.25, -0.2) is 0 Å². The fourth-order valence-electron chi connectivity index (χ4n) is 4.53. The first-order valence-corrected chi connectivity index (χ1v) is 13.4. The summed E-state index contributed by atoms with van der Waals surface area (Å²) >= 11 is 1.15. The minimum Gasteiger partial charge on any atom is -0.507 e. The number of aliphatic hydroxyl groups is 1. The van der Waals surface area contributed by atoms with Gasteiger partial charge in [0.1, 0.15) is 23.1 Å². The number of ether oxygens (including phenoxy) is 2. The molecule has 1 saturated heterocycles. The topological polar surface area (TPSA) is 122 Å². The molecule has 0 bridgehead atoms. The summed E-state index contributed by atoms with van der Waals surface area (Å²) < 4.78 is 11.4. The molecule has 1 fully saturated rings. The summed E-state index contributed by atoms with van der Waals surface area (Å²) in [6.07, 6.45) is 0. The van der Waals surface area contributed by atoms with Crippen molar-refractivity contribution in [3.05, 3.63) is 99.6 Å². The molecular formula is C30H27N3O6S. The Hall–Kier alpha value is -4.70. The number of phenolic OH excluding ortho intramolecular Hbond substituents is 1. The molecule has 4 aromatic rings. The monoisotopic (exact) mass is 557 g/mol. The summed E-state index contributed by atoms with van der Waals surface area (Å²) in [7, 11) is 0. The molecule has 9 nitrogen and oxygen atoms in total. The van der Waals surface area contributed by atoms with Crippen molar-refractivity contribution in [1.29, 1.82) is 0 Å². The van der Waals surface area contributed by atoms with Crippen molar-refractivity contribution in [3.63, 3.8) is 0 Å². The first kappa shape index (κ1) is 26.9. The number of benzene rings is 3. The Balaban J connectivity index is 1.53. The van der Waals surface area contributed by atoms with Crippen LogP contribution in [0.1, 0.15) is 40.2 Å². The van der Waals surface area contributed by atoms with E-state index in [1.54, 1.807) is 50.2 Å². The maximum Gasteiger partial charge on any atom is 0.301 e. The highest BCUT2D eigenvalue weighted by atomic mass is 32.1. The lowest BCUT2D eigenvalue weighted by molar-refractivity contribution is -0.132. The van der Waals surface area contributed by atoms with Gasteiger partial charge in [0, 0.05) is 5.56 Å². The van der Waals surface area contributed by atoms with E-state index < -0.39 is 17.7 Å². The van der Waals surface area contributed by atoms with E-state index in [4.69, 9.17) is 9.47 Å². The largest absolute Gasteiger partial charge is 0.507 e. The summed E-state index contributed by atoms with van der Waals surface area (Å²) in [6, 6.07) is 18.2. The number of carbonyl (C=O) groups excluding carboxylic acids is 2. The van der Waals surface area contributed by atoms with Crippen LogP contribution in [-0.2, 0) is 16.2 Å². The number of aromatic nitrogens is 2. The Morgan fingerprint density at radius 2 is 1.77 bits per heavy atom. The van der Waals surface area contributed by atoms with Gasteiger partial charge in [0.2, 0.25) is 5.13 Å². The molecule has 1 aromatic heterocycles. The van der Waals surface area contributed by atoms with E-state index in [1.165, 1.54) is 11.0 Å². The number of phenols is 1. The van der Waals surface area contributed by atoms with Gasteiger partial charge in [-0.3, -0.25) is 14.5 Å². The molecule has 1 atom stereocenters. The Morgan fingerprint density at radius 1 is 1.00 bits per heavy atom. The van der Waals surface area contributed by atoms with Crippen LogP contribution in [0.4, 0.5) is 5.13 Å². The van der Waals surface area contributed by atoms with Crippen LogP contribution in [0, 0.1) is 13.8 Å². The quantitative estimate of drug-likeness (QED) is 0.166. The van der Waals surface area contributed by atoms with E-state index in [9.17, 15) is 19.8 Å². The fourth-order valence-corrected chi connectivity index (χ4v) is 5.25. The average Bonchev–Trinajstić information content (AvgIpc) is 3.48. The molecule has 40 heavy (non-hydrogen) atoms. The smallest absolute Gasteiger partial charge is 0.301 e. The summed E-state index contributed by atoms with van der Waals surface area (Å²) in [5.41, 5.74) is 2.84. The molecule has 1 amide bonds. The van der Waals surface area contributed by atoms with Crippen LogP contribution in [0.25, 0.3) is 5.76 Å². The first-order chi connectivity index (χ1) is 19.3. The molecule has 0 saturated carbocycles. The third-order valence-corrected chi connectivity index (χ3v) is 7.22. The van der Waals surface area contributed by atoms with Crippen LogP contribution >= 0.6 is 11.3 Å². The maximum absolute atomic E-state index is 13.4.